The Hall–Kier alpha value is -3.13. The molecule has 1 heterocycles. The molecule has 2 aromatic rings. The molecule has 216 valence electrons. The number of nitrogens with zero attached hydrogens (tertiary/aromatic N) is 1. The first-order chi connectivity index (χ1) is 19.4. The minimum atomic E-state index is -5.86. The highest BCUT2D eigenvalue weighted by Gasteiger charge is 2.79. The average molecular weight is 570 g/mol. The van der Waals surface area contributed by atoms with E-state index in [4.69, 9.17) is 0 Å². The summed E-state index contributed by atoms with van der Waals surface area (Å²) in [6, 6.07) is 11.4. The molecule has 5 atom stereocenters. The van der Waals surface area contributed by atoms with Crippen LogP contribution in [0.25, 0.3) is 12.2 Å². The van der Waals surface area contributed by atoms with E-state index in [0.29, 0.717) is 25.7 Å². The zero-order valence-corrected chi connectivity index (χ0v) is 22.7. The number of fused-ring (bicyclic) bond motifs is 4. The predicted molar refractivity (Wildman–Crippen MR) is 146 cm³/mol. The smallest absolute Gasteiger partial charge is 0.383 e. The Kier molecular flexibility index (Phi) is 6.64. The van der Waals surface area contributed by atoms with Crippen molar-refractivity contribution in [3.8, 4) is 0 Å². The molecule has 0 saturated heterocycles. The molecule has 3 nitrogen and oxygen atoms in total. The van der Waals surface area contributed by atoms with Gasteiger partial charge in [-0.3, -0.25) is 9.78 Å². The van der Waals surface area contributed by atoms with Gasteiger partial charge in [0.05, 0.1) is 0 Å². The molecule has 0 aliphatic heterocycles. The number of allylic oxidation sites excluding steroid dienone is 4. The van der Waals surface area contributed by atoms with Gasteiger partial charge < -0.3 is 5.11 Å². The number of alkyl halides is 5. The Balaban J connectivity index is 1.44. The van der Waals surface area contributed by atoms with Crippen molar-refractivity contribution in [1.82, 2.24) is 4.98 Å². The maximum Gasteiger partial charge on any atom is 0.456 e. The SMILES string of the molecule is C[C@]12C[C@H](c3ccc(/C=C/c4cccnc4)cc3)C3=C4CCC(=O)C=C4CC[C@H]3[C@@H]1CC[C@@]2(O)C(F)(F)C(F)(F)F. The van der Waals surface area contributed by atoms with Crippen LogP contribution < -0.4 is 0 Å². The van der Waals surface area contributed by atoms with Gasteiger partial charge in [-0.2, -0.15) is 22.0 Å². The molecule has 0 unspecified atom stereocenters. The molecule has 6 rings (SSSR count). The minimum absolute atomic E-state index is 0.0265. The largest absolute Gasteiger partial charge is 0.456 e. The minimum Gasteiger partial charge on any atom is -0.383 e. The van der Waals surface area contributed by atoms with E-state index in [2.05, 4.69) is 4.98 Å². The Morgan fingerprint density at radius 1 is 0.976 bits per heavy atom. The zero-order chi connectivity index (χ0) is 29.2. The number of ketones is 1. The summed E-state index contributed by atoms with van der Waals surface area (Å²) in [7, 11) is 0. The van der Waals surface area contributed by atoms with Crippen molar-refractivity contribution >= 4 is 17.9 Å². The molecule has 1 aromatic carbocycles. The van der Waals surface area contributed by atoms with Crippen molar-refractivity contribution in [3.63, 3.8) is 0 Å². The van der Waals surface area contributed by atoms with E-state index < -0.39 is 41.4 Å². The number of benzene rings is 1. The van der Waals surface area contributed by atoms with Crippen LogP contribution in [-0.2, 0) is 4.79 Å². The molecular weight excluding hydrogens is 537 g/mol. The molecule has 2 fully saturated rings. The van der Waals surface area contributed by atoms with Crippen LogP contribution >= 0.6 is 0 Å². The summed E-state index contributed by atoms with van der Waals surface area (Å²) in [4.78, 5) is 16.3. The maximum atomic E-state index is 15.1. The first-order valence-electron chi connectivity index (χ1n) is 14.2. The molecule has 0 spiro atoms. The third-order valence-corrected chi connectivity index (χ3v) is 10.3. The summed E-state index contributed by atoms with van der Waals surface area (Å²) in [6.45, 7) is 1.44. The number of hydrogen-bond acceptors (Lipinski definition) is 3. The lowest BCUT2D eigenvalue weighted by Gasteiger charge is -2.56. The molecular formula is C33H32F5NO2. The van der Waals surface area contributed by atoms with Crippen molar-refractivity contribution in [3.05, 3.63) is 88.3 Å². The van der Waals surface area contributed by atoms with Crippen molar-refractivity contribution in [1.29, 1.82) is 0 Å². The van der Waals surface area contributed by atoms with E-state index in [1.54, 1.807) is 18.5 Å². The van der Waals surface area contributed by atoms with Crippen LogP contribution in [-0.4, -0.2) is 33.6 Å². The van der Waals surface area contributed by atoms with Gasteiger partial charge in [0.1, 0.15) is 5.60 Å². The van der Waals surface area contributed by atoms with Gasteiger partial charge >= 0.3 is 12.1 Å². The molecule has 0 amide bonds. The summed E-state index contributed by atoms with van der Waals surface area (Å²) in [5.74, 6) is -6.37. The molecule has 1 N–H and O–H groups in total. The second-order valence-electron chi connectivity index (χ2n) is 12.3. The highest BCUT2D eigenvalue weighted by Crippen LogP contribution is 2.70. The number of aromatic nitrogens is 1. The average Bonchev–Trinajstić information content (AvgIpc) is 3.23. The highest BCUT2D eigenvalue weighted by atomic mass is 19.4. The summed E-state index contributed by atoms with van der Waals surface area (Å²) in [6.07, 6.45) is 4.62. The van der Waals surface area contributed by atoms with Crippen LogP contribution in [0.5, 0.6) is 0 Å². The van der Waals surface area contributed by atoms with E-state index in [9.17, 15) is 23.1 Å². The van der Waals surface area contributed by atoms with Gasteiger partial charge in [-0.05, 0) is 90.3 Å². The van der Waals surface area contributed by atoms with Gasteiger partial charge in [-0.25, -0.2) is 0 Å². The Labute approximate surface area is 235 Å². The molecule has 4 aliphatic carbocycles. The lowest BCUT2D eigenvalue weighted by molar-refractivity contribution is -0.362. The van der Waals surface area contributed by atoms with Crippen molar-refractivity contribution in [2.75, 3.05) is 0 Å². The van der Waals surface area contributed by atoms with Crippen LogP contribution in [0.2, 0.25) is 0 Å². The Morgan fingerprint density at radius 2 is 1.71 bits per heavy atom. The molecule has 41 heavy (non-hydrogen) atoms. The van der Waals surface area contributed by atoms with Crippen molar-refractivity contribution in [2.24, 2.45) is 17.3 Å². The third-order valence-electron chi connectivity index (χ3n) is 10.3. The molecule has 8 heteroatoms. The number of rotatable bonds is 4. The topological polar surface area (TPSA) is 50.2 Å². The predicted octanol–water partition coefficient (Wildman–Crippen LogP) is 8.08. The summed E-state index contributed by atoms with van der Waals surface area (Å²) in [5.41, 5.74) is 0.877. The number of hydrogen-bond donors (Lipinski definition) is 1. The van der Waals surface area contributed by atoms with E-state index in [-0.39, 0.29) is 24.5 Å². The van der Waals surface area contributed by atoms with Crippen LogP contribution in [0.4, 0.5) is 22.0 Å². The fraction of sp³-hybridized carbons (Fsp3) is 0.455. The quantitative estimate of drug-likeness (QED) is 0.379. The second-order valence-corrected chi connectivity index (χ2v) is 12.3. The maximum absolute atomic E-state index is 15.1. The third kappa shape index (κ3) is 4.32. The van der Waals surface area contributed by atoms with Crippen molar-refractivity contribution in [2.45, 2.75) is 75.5 Å². The number of pyridine rings is 1. The van der Waals surface area contributed by atoms with Crippen molar-refractivity contribution < 1.29 is 31.9 Å². The van der Waals surface area contributed by atoms with Gasteiger partial charge in [-0.15, -0.1) is 0 Å². The standard InChI is InChI=1S/C33H32F5NO2/c1-30-18-27(22-8-6-20(7-9-22)4-5-21-3-2-16-39-19-21)29-25-13-11-24(40)17-23(25)10-12-26(29)28(30)14-15-31(30,41)32(34,35)33(36,37)38/h2-9,16-17,19,26-28,41H,10-15,18H2,1H3/b5-4+/t26-,27+,28-,30-,31-/m0/s1. The summed E-state index contributed by atoms with van der Waals surface area (Å²) >= 11 is 0. The van der Waals surface area contributed by atoms with E-state index in [1.165, 1.54) is 6.92 Å². The fourth-order valence-electron chi connectivity index (χ4n) is 8.22. The molecule has 0 bridgehead atoms. The molecule has 4 aliphatic rings. The van der Waals surface area contributed by atoms with Gasteiger partial charge in [0.15, 0.2) is 5.78 Å². The lowest BCUT2D eigenvalue weighted by Crippen LogP contribution is -2.65. The lowest BCUT2D eigenvalue weighted by atomic mass is 9.50. The van der Waals surface area contributed by atoms with Gasteiger partial charge in [0.25, 0.3) is 0 Å². The number of carbonyl (C=O) groups excluding carboxylic acids is 1. The Morgan fingerprint density at radius 3 is 2.39 bits per heavy atom. The van der Waals surface area contributed by atoms with Gasteiger partial charge in [0, 0.05) is 30.1 Å². The van der Waals surface area contributed by atoms with E-state index in [0.717, 1.165) is 33.4 Å². The van der Waals surface area contributed by atoms with E-state index >= 15 is 8.78 Å². The van der Waals surface area contributed by atoms with Crippen LogP contribution in [0, 0.1) is 17.3 Å². The molecule has 0 radical (unpaired) electrons. The van der Waals surface area contributed by atoms with Gasteiger partial charge in [-0.1, -0.05) is 55.0 Å². The van der Waals surface area contributed by atoms with Crippen LogP contribution in [0.1, 0.15) is 74.5 Å². The highest BCUT2D eigenvalue weighted by molar-refractivity contribution is 5.93. The van der Waals surface area contributed by atoms with Crippen LogP contribution in [0.3, 0.4) is 0 Å². The Bertz CT molecular complexity index is 1440. The second kappa shape index (κ2) is 9.72. The van der Waals surface area contributed by atoms with E-state index in [1.807, 2.05) is 48.6 Å². The first-order valence-corrected chi connectivity index (χ1v) is 14.2. The number of halogens is 5. The molecule has 1 aromatic heterocycles. The monoisotopic (exact) mass is 569 g/mol. The first kappa shape index (κ1) is 28.0. The summed E-state index contributed by atoms with van der Waals surface area (Å²) < 4.78 is 71.5. The molecule has 2 saturated carbocycles. The summed E-state index contributed by atoms with van der Waals surface area (Å²) in [5, 5.41) is 11.4. The number of carbonyl (C=O) groups is 1. The number of aliphatic hydroxyl groups is 1. The fourth-order valence-corrected chi connectivity index (χ4v) is 8.22. The van der Waals surface area contributed by atoms with Crippen LogP contribution in [0.15, 0.2) is 71.6 Å². The zero-order valence-electron chi connectivity index (χ0n) is 22.7. The normalized spacial score (nSPS) is 32.0. The van der Waals surface area contributed by atoms with Gasteiger partial charge in [0.2, 0.25) is 0 Å².